The highest BCUT2D eigenvalue weighted by Crippen LogP contribution is 2.25. The number of hydrogen-bond acceptors (Lipinski definition) is 4. The fraction of sp³-hybridized carbons (Fsp3) is 0.214. The van der Waals surface area contributed by atoms with Crippen LogP contribution < -0.4 is 10.0 Å². The average Bonchev–Trinajstić information content (AvgIpc) is 2.94. The van der Waals surface area contributed by atoms with Gasteiger partial charge in [0.05, 0.1) is 17.1 Å². The molecule has 1 aliphatic heterocycles. The van der Waals surface area contributed by atoms with Crippen molar-refractivity contribution in [3.8, 4) is 0 Å². The van der Waals surface area contributed by atoms with Crippen molar-refractivity contribution in [1.82, 2.24) is 9.71 Å². The van der Waals surface area contributed by atoms with Gasteiger partial charge in [0.2, 0.25) is 10.0 Å². The molecule has 2 aromatic rings. The number of fused-ring (bicyclic) bond motifs is 1. The van der Waals surface area contributed by atoms with Crippen molar-refractivity contribution in [2.24, 2.45) is 0 Å². The van der Waals surface area contributed by atoms with Gasteiger partial charge >= 0.3 is 0 Å². The minimum atomic E-state index is -3.51. The lowest BCUT2D eigenvalue weighted by atomic mass is 10.2. The molecule has 0 atom stereocenters. The standard InChI is InChI=1S/C14H15N3O2S/c18-20(19,17-10-12-3-1-2-7-15-12)13-5-4-11-6-8-16-14(11)9-13/h1-5,7,9,16-17H,6,8,10H2. The third-order valence-electron chi connectivity index (χ3n) is 3.27. The van der Waals surface area contributed by atoms with Crippen LogP contribution in [0.3, 0.4) is 0 Å². The highest BCUT2D eigenvalue weighted by atomic mass is 32.2. The van der Waals surface area contributed by atoms with Gasteiger partial charge in [-0.15, -0.1) is 0 Å². The van der Waals surface area contributed by atoms with Crippen molar-refractivity contribution in [2.45, 2.75) is 17.9 Å². The van der Waals surface area contributed by atoms with Crippen LogP contribution in [0.5, 0.6) is 0 Å². The van der Waals surface area contributed by atoms with Crippen LogP contribution in [0.15, 0.2) is 47.5 Å². The maximum Gasteiger partial charge on any atom is 0.240 e. The van der Waals surface area contributed by atoms with E-state index < -0.39 is 10.0 Å². The Balaban J connectivity index is 1.78. The molecule has 1 aromatic heterocycles. The first kappa shape index (κ1) is 13.1. The Labute approximate surface area is 118 Å². The Morgan fingerprint density at radius 3 is 2.95 bits per heavy atom. The Kier molecular flexibility index (Phi) is 3.42. The molecule has 0 radical (unpaired) electrons. The Morgan fingerprint density at radius 1 is 1.25 bits per heavy atom. The predicted octanol–water partition coefficient (Wildman–Crippen LogP) is 1.53. The SMILES string of the molecule is O=S(=O)(NCc1ccccn1)c1ccc2c(c1)NCC2. The summed E-state index contributed by atoms with van der Waals surface area (Å²) in [7, 11) is -3.51. The van der Waals surface area contributed by atoms with E-state index in [1.807, 2.05) is 12.1 Å². The van der Waals surface area contributed by atoms with Crippen LogP contribution in [0.1, 0.15) is 11.3 Å². The molecule has 1 aliphatic rings. The molecule has 5 nitrogen and oxygen atoms in total. The zero-order valence-corrected chi connectivity index (χ0v) is 11.7. The van der Waals surface area contributed by atoms with E-state index in [1.165, 1.54) is 0 Å². The van der Waals surface area contributed by atoms with Crippen LogP contribution in [-0.4, -0.2) is 19.9 Å². The molecule has 0 saturated heterocycles. The summed E-state index contributed by atoms with van der Waals surface area (Å²) in [4.78, 5) is 4.37. The number of pyridine rings is 1. The zero-order chi connectivity index (χ0) is 14.0. The Bertz CT molecular complexity index is 714. The highest BCUT2D eigenvalue weighted by Gasteiger charge is 2.18. The molecule has 0 amide bonds. The number of sulfonamides is 1. The van der Waals surface area contributed by atoms with Gasteiger partial charge in [-0.1, -0.05) is 12.1 Å². The van der Waals surface area contributed by atoms with Crippen molar-refractivity contribution in [3.63, 3.8) is 0 Å². The lowest BCUT2D eigenvalue weighted by molar-refractivity contribution is 0.580. The van der Waals surface area contributed by atoms with E-state index in [9.17, 15) is 8.42 Å². The second kappa shape index (κ2) is 5.22. The molecule has 0 saturated carbocycles. The first-order valence-electron chi connectivity index (χ1n) is 6.41. The quantitative estimate of drug-likeness (QED) is 0.895. The smallest absolute Gasteiger partial charge is 0.240 e. The summed E-state index contributed by atoms with van der Waals surface area (Å²) in [5, 5.41) is 3.18. The summed E-state index contributed by atoms with van der Waals surface area (Å²) in [5.74, 6) is 0. The van der Waals surface area contributed by atoms with Gasteiger partial charge in [-0.05, 0) is 36.2 Å². The lowest BCUT2D eigenvalue weighted by Gasteiger charge is -2.08. The van der Waals surface area contributed by atoms with Crippen molar-refractivity contribution >= 4 is 15.7 Å². The topological polar surface area (TPSA) is 71.1 Å². The van der Waals surface area contributed by atoms with Crippen LogP contribution in [0, 0.1) is 0 Å². The van der Waals surface area contributed by atoms with Gasteiger partial charge in [0.25, 0.3) is 0 Å². The summed E-state index contributed by atoms with van der Waals surface area (Å²) in [6.07, 6.45) is 2.58. The minimum absolute atomic E-state index is 0.188. The Morgan fingerprint density at radius 2 is 2.15 bits per heavy atom. The number of rotatable bonds is 4. The maximum absolute atomic E-state index is 12.2. The highest BCUT2D eigenvalue weighted by molar-refractivity contribution is 7.89. The summed E-state index contributed by atoms with van der Waals surface area (Å²) in [6, 6.07) is 10.6. The van der Waals surface area contributed by atoms with Gasteiger partial charge in [0, 0.05) is 18.4 Å². The zero-order valence-electron chi connectivity index (χ0n) is 10.8. The second-order valence-electron chi connectivity index (χ2n) is 4.64. The largest absolute Gasteiger partial charge is 0.384 e. The van der Waals surface area contributed by atoms with Crippen LogP contribution in [0.4, 0.5) is 5.69 Å². The van der Waals surface area contributed by atoms with E-state index in [-0.39, 0.29) is 11.4 Å². The Hall–Kier alpha value is -1.92. The van der Waals surface area contributed by atoms with Crippen LogP contribution in [0.25, 0.3) is 0 Å². The number of anilines is 1. The van der Waals surface area contributed by atoms with Gasteiger partial charge in [-0.25, -0.2) is 13.1 Å². The van der Waals surface area contributed by atoms with E-state index in [1.54, 1.807) is 30.5 Å². The minimum Gasteiger partial charge on any atom is -0.384 e. The molecule has 0 bridgehead atoms. The monoisotopic (exact) mass is 289 g/mol. The summed E-state index contributed by atoms with van der Waals surface area (Å²) >= 11 is 0. The predicted molar refractivity (Wildman–Crippen MR) is 76.9 cm³/mol. The molecule has 104 valence electrons. The molecule has 20 heavy (non-hydrogen) atoms. The van der Waals surface area contributed by atoms with E-state index in [0.29, 0.717) is 5.69 Å². The van der Waals surface area contributed by atoms with E-state index in [0.717, 1.165) is 24.2 Å². The third kappa shape index (κ3) is 2.66. The molecule has 3 rings (SSSR count). The fourth-order valence-corrected chi connectivity index (χ4v) is 3.22. The molecular weight excluding hydrogens is 274 g/mol. The van der Waals surface area contributed by atoms with Gasteiger partial charge < -0.3 is 5.32 Å². The van der Waals surface area contributed by atoms with Crippen molar-refractivity contribution < 1.29 is 8.42 Å². The van der Waals surface area contributed by atoms with Crippen molar-refractivity contribution in [2.75, 3.05) is 11.9 Å². The van der Waals surface area contributed by atoms with Crippen LogP contribution in [-0.2, 0) is 23.0 Å². The number of hydrogen-bond donors (Lipinski definition) is 2. The molecule has 0 fully saturated rings. The number of nitrogens with zero attached hydrogens (tertiary/aromatic N) is 1. The molecule has 2 heterocycles. The van der Waals surface area contributed by atoms with Crippen molar-refractivity contribution in [1.29, 1.82) is 0 Å². The molecule has 0 spiro atoms. The van der Waals surface area contributed by atoms with Gasteiger partial charge in [-0.2, -0.15) is 0 Å². The molecule has 6 heteroatoms. The fourth-order valence-electron chi connectivity index (χ4n) is 2.19. The molecule has 0 aliphatic carbocycles. The van der Waals surface area contributed by atoms with E-state index in [4.69, 9.17) is 0 Å². The summed E-state index contributed by atoms with van der Waals surface area (Å²) in [5.41, 5.74) is 2.76. The number of aromatic nitrogens is 1. The number of benzene rings is 1. The van der Waals surface area contributed by atoms with Gasteiger partial charge in [-0.3, -0.25) is 4.98 Å². The van der Waals surface area contributed by atoms with Gasteiger partial charge in [0.15, 0.2) is 0 Å². The molecule has 1 aromatic carbocycles. The summed E-state index contributed by atoms with van der Waals surface area (Å²) in [6.45, 7) is 1.05. The normalized spacial score (nSPS) is 13.8. The lowest BCUT2D eigenvalue weighted by Crippen LogP contribution is -2.23. The van der Waals surface area contributed by atoms with E-state index in [2.05, 4.69) is 15.0 Å². The van der Waals surface area contributed by atoms with Crippen LogP contribution in [0.2, 0.25) is 0 Å². The first-order valence-corrected chi connectivity index (χ1v) is 7.90. The average molecular weight is 289 g/mol. The van der Waals surface area contributed by atoms with E-state index >= 15 is 0 Å². The van der Waals surface area contributed by atoms with Gasteiger partial charge in [0.1, 0.15) is 0 Å². The van der Waals surface area contributed by atoms with Crippen LogP contribution >= 0.6 is 0 Å². The molecule has 2 N–H and O–H groups in total. The second-order valence-corrected chi connectivity index (χ2v) is 6.41. The summed E-state index contributed by atoms with van der Waals surface area (Å²) < 4.78 is 27.0. The molecule has 0 unspecified atom stereocenters. The third-order valence-corrected chi connectivity index (χ3v) is 4.67. The molecular formula is C14H15N3O2S. The van der Waals surface area contributed by atoms with Crippen molar-refractivity contribution in [3.05, 3.63) is 53.9 Å². The maximum atomic E-state index is 12.2. The first-order chi connectivity index (χ1) is 9.65. The number of nitrogens with one attached hydrogen (secondary N) is 2.